The Morgan fingerprint density at radius 2 is 1.73 bits per heavy atom. The van der Waals surface area contributed by atoms with Gasteiger partial charge in [-0.1, -0.05) is 0 Å². The molecule has 4 bridgehead atoms. The van der Waals surface area contributed by atoms with Crippen molar-refractivity contribution < 1.29 is 9.66 Å². The molecule has 1 N–H and O–H groups in total. The van der Waals surface area contributed by atoms with E-state index in [-0.39, 0.29) is 5.69 Å². The van der Waals surface area contributed by atoms with Gasteiger partial charge in [0.25, 0.3) is 5.69 Å². The Hall–Kier alpha value is -1.93. The van der Waals surface area contributed by atoms with E-state index in [2.05, 4.69) is 15.1 Å². The van der Waals surface area contributed by atoms with Crippen LogP contribution in [0.3, 0.4) is 0 Å². The summed E-state index contributed by atoms with van der Waals surface area (Å²) in [5.74, 6) is 4.29. The number of nitrogens with zero attached hydrogens (tertiary/aromatic N) is 3. The summed E-state index contributed by atoms with van der Waals surface area (Å²) >= 11 is 5.65. The molecule has 0 radical (unpaired) electrons. The van der Waals surface area contributed by atoms with Gasteiger partial charge in [-0.15, -0.1) is 0 Å². The number of benzene rings is 1. The molecule has 7 nitrogen and oxygen atoms in total. The molecule has 1 saturated heterocycles. The van der Waals surface area contributed by atoms with Crippen molar-refractivity contribution in [3.05, 3.63) is 28.3 Å². The van der Waals surface area contributed by atoms with Crippen LogP contribution >= 0.6 is 12.2 Å². The molecule has 5 aliphatic rings. The molecule has 30 heavy (non-hydrogen) atoms. The van der Waals surface area contributed by atoms with E-state index in [0.717, 1.165) is 55.9 Å². The van der Waals surface area contributed by atoms with Gasteiger partial charge in [0.15, 0.2) is 5.11 Å². The predicted octanol–water partition coefficient (Wildman–Crippen LogP) is 3.74. The molecule has 4 aliphatic carbocycles. The second kappa shape index (κ2) is 7.96. The SMILES string of the molecule is COc1cc([N+](=O)[O-])ccc1NC(=S)N1CCN(C2C3CC4CC(C3)CC2C4)CC1. The molecule has 0 unspecified atom stereocenters. The van der Waals surface area contributed by atoms with Gasteiger partial charge in [-0.25, -0.2) is 0 Å². The van der Waals surface area contributed by atoms with Crippen molar-refractivity contribution in [2.24, 2.45) is 23.7 Å². The van der Waals surface area contributed by atoms with Gasteiger partial charge < -0.3 is 15.0 Å². The third-order valence-electron chi connectivity index (χ3n) is 7.84. The monoisotopic (exact) mass is 430 g/mol. The second-order valence-electron chi connectivity index (χ2n) is 9.52. The predicted molar refractivity (Wildman–Crippen MR) is 120 cm³/mol. The number of rotatable bonds is 4. The van der Waals surface area contributed by atoms with Gasteiger partial charge in [-0.3, -0.25) is 15.0 Å². The fraction of sp³-hybridized carbons (Fsp3) is 0.682. The number of ether oxygens (including phenoxy) is 1. The minimum absolute atomic E-state index is 0.00704. The molecule has 6 rings (SSSR count). The highest BCUT2D eigenvalue weighted by Gasteiger charge is 2.50. The molecule has 4 saturated carbocycles. The van der Waals surface area contributed by atoms with Crippen LogP contribution in [0.4, 0.5) is 11.4 Å². The van der Waals surface area contributed by atoms with Crippen molar-refractivity contribution in [1.82, 2.24) is 9.80 Å². The number of nitro groups is 1. The maximum Gasteiger partial charge on any atom is 0.273 e. The van der Waals surface area contributed by atoms with E-state index < -0.39 is 4.92 Å². The van der Waals surface area contributed by atoms with E-state index in [4.69, 9.17) is 17.0 Å². The standard InChI is InChI=1S/C22H30N4O3S/c1-29-20-13-18(26(27)28)2-3-19(20)23-22(30)25-6-4-24(5-7-25)21-16-9-14-8-15(11-16)12-17(21)10-14/h2-3,13-17,21H,4-12H2,1H3,(H,23,30). The molecular formula is C22H30N4O3S. The molecule has 0 amide bonds. The van der Waals surface area contributed by atoms with E-state index in [1.165, 1.54) is 51.3 Å². The lowest BCUT2D eigenvalue weighted by Crippen LogP contribution is -2.60. The van der Waals surface area contributed by atoms with Crippen LogP contribution in [-0.2, 0) is 0 Å². The summed E-state index contributed by atoms with van der Waals surface area (Å²) in [7, 11) is 1.51. The molecule has 0 atom stereocenters. The highest BCUT2D eigenvalue weighted by Crippen LogP contribution is 2.55. The van der Waals surface area contributed by atoms with Crippen LogP contribution in [0, 0.1) is 33.8 Å². The van der Waals surface area contributed by atoms with Gasteiger partial charge in [-0.05, 0) is 74.1 Å². The number of non-ortho nitro benzene ring substituents is 1. The minimum Gasteiger partial charge on any atom is -0.494 e. The van der Waals surface area contributed by atoms with Crippen molar-refractivity contribution in [2.45, 2.75) is 38.1 Å². The number of piperazine rings is 1. The number of nitro benzene ring substituents is 1. The molecule has 1 aliphatic heterocycles. The molecule has 1 heterocycles. The summed E-state index contributed by atoms with van der Waals surface area (Å²) in [6.07, 6.45) is 7.32. The zero-order valence-corrected chi connectivity index (χ0v) is 18.3. The van der Waals surface area contributed by atoms with Crippen molar-refractivity contribution in [1.29, 1.82) is 0 Å². The Bertz CT molecular complexity index is 812. The zero-order chi connectivity index (χ0) is 20.8. The van der Waals surface area contributed by atoms with E-state index in [9.17, 15) is 10.1 Å². The Kier molecular flexibility index (Phi) is 5.31. The average molecular weight is 431 g/mol. The highest BCUT2D eigenvalue weighted by molar-refractivity contribution is 7.80. The highest BCUT2D eigenvalue weighted by atomic mass is 32.1. The first kappa shape index (κ1) is 20.0. The number of hydrogen-bond donors (Lipinski definition) is 1. The zero-order valence-electron chi connectivity index (χ0n) is 17.5. The second-order valence-corrected chi connectivity index (χ2v) is 9.90. The van der Waals surface area contributed by atoms with E-state index in [1.54, 1.807) is 6.07 Å². The smallest absolute Gasteiger partial charge is 0.273 e. The van der Waals surface area contributed by atoms with Crippen molar-refractivity contribution in [3.8, 4) is 5.75 Å². The lowest BCUT2D eigenvalue weighted by Gasteiger charge is -2.58. The van der Waals surface area contributed by atoms with E-state index >= 15 is 0 Å². The van der Waals surface area contributed by atoms with Gasteiger partial charge in [-0.2, -0.15) is 0 Å². The van der Waals surface area contributed by atoms with Crippen LogP contribution in [0.25, 0.3) is 0 Å². The summed E-state index contributed by atoms with van der Waals surface area (Å²) in [5, 5.41) is 14.9. The van der Waals surface area contributed by atoms with E-state index in [0.29, 0.717) is 16.5 Å². The van der Waals surface area contributed by atoms with Gasteiger partial charge in [0, 0.05) is 38.3 Å². The first-order valence-corrected chi connectivity index (χ1v) is 11.5. The maximum atomic E-state index is 11.0. The van der Waals surface area contributed by atoms with E-state index in [1.807, 2.05) is 0 Å². The van der Waals surface area contributed by atoms with Crippen LogP contribution < -0.4 is 10.1 Å². The first-order valence-electron chi connectivity index (χ1n) is 11.1. The van der Waals surface area contributed by atoms with Crippen LogP contribution in [0.1, 0.15) is 32.1 Å². The quantitative estimate of drug-likeness (QED) is 0.443. The first-order chi connectivity index (χ1) is 14.5. The van der Waals surface area contributed by atoms with Crippen LogP contribution in [0.2, 0.25) is 0 Å². The van der Waals surface area contributed by atoms with Crippen LogP contribution in [-0.4, -0.2) is 59.2 Å². The third kappa shape index (κ3) is 3.64. The fourth-order valence-corrected chi connectivity index (χ4v) is 7.10. The van der Waals surface area contributed by atoms with Gasteiger partial charge in [0.05, 0.1) is 23.8 Å². The summed E-state index contributed by atoms with van der Waals surface area (Å²) < 4.78 is 5.32. The average Bonchev–Trinajstić information content (AvgIpc) is 2.73. The third-order valence-corrected chi connectivity index (χ3v) is 8.20. The molecular weight excluding hydrogens is 400 g/mol. The van der Waals surface area contributed by atoms with Crippen LogP contribution in [0.15, 0.2) is 18.2 Å². The number of anilines is 1. The number of hydrogen-bond acceptors (Lipinski definition) is 5. The summed E-state index contributed by atoms with van der Waals surface area (Å²) in [6.45, 7) is 3.96. The van der Waals surface area contributed by atoms with Gasteiger partial charge in [0.2, 0.25) is 0 Å². The number of nitrogens with one attached hydrogen (secondary N) is 1. The molecule has 5 fully saturated rings. The Balaban J connectivity index is 1.19. The summed E-state index contributed by atoms with van der Waals surface area (Å²) in [6, 6.07) is 5.34. The molecule has 1 aromatic carbocycles. The molecule has 0 aromatic heterocycles. The Morgan fingerprint density at radius 3 is 2.30 bits per heavy atom. The summed E-state index contributed by atoms with van der Waals surface area (Å²) in [4.78, 5) is 15.5. The topological polar surface area (TPSA) is 70.9 Å². The molecule has 162 valence electrons. The Labute approximate surface area is 182 Å². The number of methoxy groups -OCH3 is 1. The van der Waals surface area contributed by atoms with Crippen molar-refractivity contribution in [2.75, 3.05) is 38.6 Å². The summed E-state index contributed by atoms with van der Waals surface area (Å²) in [5.41, 5.74) is 0.671. The van der Waals surface area contributed by atoms with Gasteiger partial charge in [0.1, 0.15) is 5.75 Å². The van der Waals surface area contributed by atoms with Crippen molar-refractivity contribution in [3.63, 3.8) is 0 Å². The molecule has 0 spiro atoms. The lowest BCUT2D eigenvalue weighted by atomic mass is 9.54. The molecule has 1 aromatic rings. The maximum absolute atomic E-state index is 11.0. The molecule has 8 heteroatoms. The lowest BCUT2D eigenvalue weighted by molar-refractivity contribution is -0.384. The van der Waals surface area contributed by atoms with Gasteiger partial charge >= 0.3 is 0 Å². The largest absolute Gasteiger partial charge is 0.494 e. The van der Waals surface area contributed by atoms with Crippen LogP contribution in [0.5, 0.6) is 5.75 Å². The fourth-order valence-electron chi connectivity index (χ4n) is 6.81. The normalized spacial score (nSPS) is 32.8. The van der Waals surface area contributed by atoms with Crippen molar-refractivity contribution >= 4 is 28.7 Å². The Morgan fingerprint density at radius 1 is 1.10 bits per heavy atom. The number of thiocarbonyl (C=S) groups is 1. The minimum atomic E-state index is -0.423.